The molecule has 96 valence electrons. The van der Waals surface area contributed by atoms with Crippen LogP contribution in [0.3, 0.4) is 0 Å². The maximum atomic E-state index is 6.40. The number of fused-ring (bicyclic) bond motifs is 1. The Morgan fingerprint density at radius 3 is 2.84 bits per heavy atom. The predicted molar refractivity (Wildman–Crippen MR) is 75.9 cm³/mol. The first-order chi connectivity index (χ1) is 9.31. The zero-order valence-corrected chi connectivity index (χ0v) is 10.8. The highest BCUT2D eigenvalue weighted by Crippen LogP contribution is 2.28. The molecule has 0 radical (unpaired) electrons. The molecule has 1 atom stereocenters. The number of aromatic nitrogens is 1. The molecule has 0 fully saturated rings. The largest absolute Gasteiger partial charge is 0.469 e. The lowest BCUT2D eigenvalue weighted by Gasteiger charge is -2.14. The lowest BCUT2D eigenvalue weighted by molar-refractivity contribution is 0.509. The second kappa shape index (κ2) is 4.86. The molecule has 0 saturated carbocycles. The molecule has 2 heterocycles. The molecule has 0 amide bonds. The molecular formula is C16H16N2O. The van der Waals surface area contributed by atoms with Crippen LogP contribution in [-0.4, -0.2) is 4.98 Å². The van der Waals surface area contributed by atoms with E-state index in [1.54, 1.807) is 12.5 Å². The van der Waals surface area contributed by atoms with Crippen molar-refractivity contribution in [1.29, 1.82) is 0 Å². The Balaban J connectivity index is 2.14. The molecule has 0 aliphatic rings. The van der Waals surface area contributed by atoms with Gasteiger partial charge in [-0.3, -0.25) is 4.98 Å². The van der Waals surface area contributed by atoms with E-state index in [0.717, 1.165) is 34.2 Å². The molecule has 1 aromatic carbocycles. The van der Waals surface area contributed by atoms with Crippen molar-refractivity contribution < 1.29 is 4.42 Å². The average Bonchev–Trinajstić information content (AvgIpc) is 2.94. The van der Waals surface area contributed by atoms with Crippen molar-refractivity contribution in [2.24, 2.45) is 5.73 Å². The number of aryl methyl sites for hydroxylation is 1. The van der Waals surface area contributed by atoms with Gasteiger partial charge in [-0.1, -0.05) is 31.2 Å². The summed E-state index contributed by atoms with van der Waals surface area (Å²) in [4.78, 5) is 4.46. The van der Waals surface area contributed by atoms with Crippen molar-refractivity contribution in [3.8, 4) is 0 Å². The topological polar surface area (TPSA) is 52.0 Å². The fourth-order valence-electron chi connectivity index (χ4n) is 2.46. The molecule has 2 N–H and O–H groups in total. The molecule has 0 bridgehead atoms. The van der Waals surface area contributed by atoms with Crippen LogP contribution in [0.5, 0.6) is 0 Å². The summed E-state index contributed by atoms with van der Waals surface area (Å²) < 4.78 is 5.47. The van der Waals surface area contributed by atoms with Gasteiger partial charge < -0.3 is 10.2 Å². The summed E-state index contributed by atoms with van der Waals surface area (Å²) in [5, 5.41) is 1.11. The van der Waals surface area contributed by atoms with E-state index in [1.165, 1.54) is 0 Å². The number of pyridine rings is 1. The fraction of sp³-hybridized carbons (Fsp3) is 0.188. The molecule has 1 unspecified atom stereocenters. The van der Waals surface area contributed by atoms with Crippen LogP contribution in [0.15, 0.2) is 53.3 Å². The Kier molecular flexibility index (Phi) is 3.05. The van der Waals surface area contributed by atoms with Crippen LogP contribution in [-0.2, 0) is 6.42 Å². The van der Waals surface area contributed by atoms with Crippen molar-refractivity contribution in [2.75, 3.05) is 0 Å². The number of furan rings is 1. The maximum Gasteiger partial charge on any atom is 0.108 e. The summed E-state index contributed by atoms with van der Waals surface area (Å²) in [5.41, 5.74) is 9.44. The molecule has 0 aliphatic carbocycles. The minimum absolute atomic E-state index is 0.202. The first kappa shape index (κ1) is 11.9. The van der Waals surface area contributed by atoms with Crippen LogP contribution in [0, 0.1) is 0 Å². The van der Waals surface area contributed by atoms with Crippen molar-refractivity contribution in [1.82, 2.24) is 4.98 Å². The third-order valence-electron chi connectivity index (χ3n) is 3.44. The quantitative estimate of drug-likeness (QED) is 0.776. The Hall–Kier alpha value is -2.13. The van der Waals surface area contributed by atoms with Crippen LogP contribution in [0.4, 0.5) is 0 Å². The fourth-order valence-corrected chi connectivity index (χ4v) is 2.46. The summed E-state index contributed by atoms with van der Waals surface area (Å²) in [5.74, 6) is 0.945. The van der Waals surface area contributed by atoms with Gasteiger partial charge in [0, 0.05) is 23.6 Å². The number of nitrogens with two attached hydrogens (primary N) is 1. The molecule has 0 saturated heterocycles. The lowest BCUT2D eigenvalue weighted by Crippen LogP contribution is -2.13. The Morgan fingerprint density at radius 2 is 2.00 bits per heavy atom. The second-order valence-corrected chi connectivity index (χ2v) is 4.55. The minimum Gasteiger partial charge on any atom is -0.469 e. The van der Waals surface area contributed by atoms with Gasteiger partial charge in [0.1, 0.15) is 5.76 Å². The Labute approximate surface area is 112 Å². The molecule has 0 spiro atoms. The second-order valence-electron chi connectivity index (χ2n) is 4.55. The SMILES string of the molecule is CCc1occc1C(N)c1cccc2cccnc12. The van der Waals surface area contributed by atoms with Crippen molar-refractivity contribution in [3.63, 3.8) is 0 Å². The van der Waals surface area contributed by atoms with Gasteiger partial charge in [-0.15, -0.1) is 0 Å². The van der Waals surface area contributed by atoms with Gasteiger partial charge >= 0.3 is 0 Å². The summed E-state index contributed by atoms with van der Waals surface area (Å²) in [6.45, 7) is 2.07. The van der Waals surface area contributed by atoms with E-state index in [4.69, 9.17) is 10.2 Å². The van der Waals surface area contributed by atoms with Crippen molar-refractivity contribution in [2.45, 2.75) is 19.4 Å². The van der Waals surface area contributed by atoms with E-state index < -0.39 is 0 Å². The van der Waals surface area contributed by atoms with Gasteiger partial charge in [0.05, 0.1) is 17.8 Å². The maximum absolute atomic E-state index is 6.40. The van der Waals surface area contributed by atoms with Crippen molar-refractivity contribution >= 4 is 10.9 Å². The normalized spacial score (nSPS) is 12.7. The molecular weight excluding hydrogens is 236 g/mol. The highest BCUT2D eigenvalue weighted by atomic mass is 16.3. The van der Waals surface area contributed by atoms with E-state index in [0.29, 0.717) is 0 Å². The number of para-hydroxylation sites is 1. The van der Waals surface area contributed by atoms with Gasteiger partial charge in [0.15, 0.2) is 0 Å². The third kappa shape index (κ3) is 2.02. The lowest BCUT2D eigenvalue weighted by atomic mass is 9.97. The molecule has 3 aromatic rings. The van der Waals surface area contributed by atoms with E-state index in [2.05, 4.69) is 24.0 Å². The summed E-state index contributed by atoms with van der Waals surface area (Å²) in [6, 6.07) is 11.8. The van der Waals surface area contributed by atoms with Crippen LogP contribution in [0.2, 0.25) is 0 Å². The zero-order valence-electron chi connectivity index (χ0n) is 10.8. The first-order valence-corrected chi connectivity index (χ1v) is 6.46. The number of rotatable bonds is 3. The zero-order chi connectivity index (χ0) is 13.2. The minimum atomic E-state index is -0.202. The van der Waals surface area contributed by atoms with Crippen LogP contribution >= 0.6 is 0 Å². The first-order valence-electron chi connectivity index (χ1n) is 6.46. The number of benzene rings is 1. The number of hydrogen-bond acceptors (Lipinski definition) is 3. The molecule has 3 nitrogen and oxygen atoms in total. The van der Waals surface area contributed by atoms with E-state index in [9.17, 15) is 0 Å². The monoisotopic (exact) mass is 252 g/mol. The average molecular weight is 252 g/mol. The van der Waals surface area contributed by atoms with E-state index >= 15 is 0 Å². The summed E-state index contributed by atoms with van der Waals surface area (Å²) >= 11 is 0. The summed E-state index contributed by atoms with van der Waals surface area (Å²) in [7, 11) is 0. The van der Waals surface area contributed by atoms with Crippen LogP contribution in [0.25, 0.3) is 10.9 Å². The highest BCUT2D eigenvalue weighted by molar-refractivity contribution is 5.82. The molecule has 19 heavy (non-hydrogen) atoms. The molecule has 0 aliphatic heterocycles. The standard InChI is InChI=1S/C16H16N2O/c1-2-14-12(8-10-19-14)15(17)13-7-3-5-11-6-4-9-18-16(11)13/h3-10,15H,2,17H2,1H3. The van der Waals surface area contributed by atoms with Gasteiger partial charge in [-0.2, -0.15) is 0 Å². The van der Waals surface area contributed by atoms with Gasteiger partial charge in [0.2, 0.25) is 0 Å². The van der Waals surface area contributed by atoms with Gasteiger partial charge in [0.25, 0.3) is 0 Å². The van der Waals surface area contributed by atoms with Crippen molar-refractivity contribution in [3.05, 3.63) is 65.7 Å². The summed E-state index contributed by atoms with van der Waals surface area (Å²) in [6.07, 6.45) is 4.34. The number of nitrogens with zero attached hydrogens (tertiary/aromatic N) is 1. The predicted octanol–water partition coefficient (Wildman–Crippen LogP) is 3.44. The Morgan fingerprint density at radius 1 is 1.16 bits per heavy atom. The smallest absolute Gasteiger partial charge is 0.108 e. The third-order valence-corrected chi connectivity index (χ3v) is 3.44. The van der Waals surface area contributed by atoms with Crippen LogP contribution < -0.4 is 5.73 Å². The molecule has 2 aromatic heterocycles. The van der Waals surface area contributed by atoms with Gasteiger partial charge in [-0.25, -0.2) is 0 Å². The van der Waals surface area contributed by atoms with Gasteiger partial charge in [-0.05, 0) is 17.7 Å². The van der Waals surface area contributed by atoms with Crippen LogP contribution in [0.1, 0.15) is 29.9 Å². The number of hydrogen-bond donors (Lipinski definition) is 1. The molecule has 3 heteroatoms. The van der Waals surface area contributed by atoms with E-state index in [1.807, 2.05) is 24.3 Å². The highest BCUT2D eigenvalue weighted by Gasteiger charge is 2.17. The van der Waals surface area contributed by atoms with E-state index in [-0.39, 0.29) is 6.04 Å². The Bertz CT molecular complexity index is 697. The molecule has 3 rings (SSSR count).